The summed E-state index contributed by atoms with van der Waals surface area (Å²) in [7, 11) is -4.03. The first kappa shape index (κ1) is 19.2. The van der Waals surface area contributed by atoms with E-state index < -0.39 is 10.0 Å². The number of benzene rings is 2. The molecule has 0 saturated carbocycles. The van der Waals surface area contributed by atoms with Crippen LogP contribution < -0.4 is 4.72 Å². The number of nitrogens with zero attached hydrogens (tertiary/aromatic N) is 2. The summed E-state index contributed by atoms with van der Waals surface area (Å²) in [5, 5.41) is 0.915. The Hall–Kier alpha value is -1.57. The van der Waals surface area contributed by atoms with Crippen LogP contribution in [0.25, 0.3) is 11.1 Å². The summed E-state index contributed by atoms with van der Waals surface area (Å²) < 4.78 is 27.8. The number of anilines is 1. The monoisotopic (exact) mass is 447 g/mol. The topological polar surface area (TPSA) is 72.0 Å². The van der Waals surface area contributed by atoms with Gasteiger partial charge in [-0.15, -0.1) is 0 Å². The fourth-order valence-electron chi connectivity index (χ4n) is 2.19. The maximum atomic E-state index is 12.7. The predicted octanol–water partition coefficient (Wildman–Crippen LogP) is 5.56. The highest BCUT2D eigenvalue weighted by atomic mass is 35.5. The summed E-state index contributed by atoms with van der Waals surface area (Å²) in [5.41, 5.74) is 0.916. The Labute approximate surface area is 170 Å². The van der Waals surface area contributed by atoms with Gasteiger partial charge in [0.05, 0.1) is 10.6 Å². The SMILES string of the molecule is O=S(=O)(Nc1ncnc(Cl)c1-c1ccc(Cl)cc1)c1ccc(Cl)cc1Cl. The number of hydrogen-bond acceptors (Lipinski definition) is 4. The zero-order valence-electron chi connectivity index (χ0n) is 12.7. The highest BCUT2D eigenvalue weighted by molar-refractivity contribution is 7.92. The van der Waals surface area contributed by atoms with Gasteiger partial charge < -0.3 is 0 Å². The minimum atomic E-state index is -4.03. The molecule has 3 rings (SSSR count). The normalized spacial score (nSPS) is 11.4. The average Bonchev–Trinajstić information content (AvgIpc) is 2.55. The molecule has 26 heavy (non-hydrogen) atoms. The summed E-state index contributed by atoms with van der Waals surface area (Å²) in [6.07, 6.45) is 1.16. The van der Waals surface area contributed by atoms with E-state index in [0.717, 1.165) is 6.33 Å². The molecule has 0 aliphatic carbocycles. The van der Waals surface area contributed by atoms with Gasteiger partial charge in [0.15, 0.2) is 5.82 Å². The van der Waals surface area contributed by atoms with Crippen molar-refractivity contribution in [3.05, 3.63) is 69.0 Å². The van der Waals surface area contributed by atoms with Gasteiger partial charge in [0.25, 0.3) is 10.0 Å². The van der Waals surface area contributed by atoms with E-state index in [1.54, 1.807) is 24.3 Å². The van der Waals surface area contributed by atoms with Crippen LogP contribution >= 0.6 is 46.4 Å². The summed E-state index contributed by atoms with van der Waals surface area (Å²) in [6.45, 7) is 0. The molecule has 0 amide bonds. The summed E-state index contributed by atoms with van der Waals surface area (Å²) >= 11 is 23.9. The Balaban J connectivity index is 2.08. The summed E-state index contributed by atoms with van der Waals surface area (Å²) in [4.78, 5) is 7.78. The van der Waals surface area contributed by atoms with Crippen LogP contribution in [-0.2, 0) is 10.0 Å². The van der Waals surface area contributed by atoms with Gasteiger partial charge in [-0.2, -0.15) is 0 Å². The second-order valence-corrected chi connectivity index (χ2v) is 8.36. The number of rotatable bonds is 4. The van der Waals surface area contributed by atoms with E-state index in [9.17, 15) is 8.42 Å². The average molecular weight is 449 g/mol. The second kappa shape index (κ2) is 7.58. The number of halogens is 4. The molecule has 134 valence electrons. The molecule has 0 atom stereocenters. The van der Waals surface area contributed by atoms with Gasteiger partial charge in [0.1, 0.15) is 16.4 Å². The third kappa shape index (κ3) is 4.05. The second-order valence-electron chi connectivity index (χ2n) is 5.08. The van der Waals surface area contributed by atoms with Crippen molar-refractivity contribution < 1.29 is 8.42 Å². The Morgan fingerprint density at radius 2 is 1.50 bits per heavy atom. The highest BCUT2D eigenvalue weighted by Crippen LogP contribution is 2.34. The standard InChI is InChI=1S/C16H9Cl4N3O2S/c17-10-3-1-9(2-4-10)14-15(20)21-8-22-16(14)23-26(24,25)13-6-5-11(18)7-12(13)19/h1-8H,(H,21,22,23). The quantitative estimate of drug-likeness (QED) is 0.530. The zero-order valence-corrected chi connectivity index (χ0v) is 16.6. The van der Waals surface area contributed by atoms with Crippen LogP contribution in [0.3, 0.4) is 0 Å². The van der Waals surface area contributed by atoms with Gasteiger partial charge in [-0.25, -0.2) is 18.4 Å². The molecular formula is C16H9Cl4N3O2S. The van der Waals surface area contributed by atoms with Gasteiger partial charge >= 0.3 is 0 Å². The predicted molar refractivity (Wildman–Crippen MR) is 105 cm³/mol. The van der Waals surface area contributed by atoms with Crippen molar-refractivity contribution in [2.24, 2.45) is 0 Å². The third-order valence-corrected chi connectivity index (χ3v) is 5.94. The van der Waals surface area contributed by atoms with Crippen molar-refractivity contribution in [1.82, 2.24) is 9.97 Å². The molecule has 0 radical (unpaired) electrons. The minimum Gasteiger partial charge on any atom is -0.263 e. The lowest BCUT2D eigenvalue weighted by Gasteiger charge is -2.13. The van der Waals surface area contributed by atoms with Crippen LogP contribution in [0.15, 0.2) is 53.7 Å². The smallest absolute Gasteiger partial charge is 0.263 e. The molecule has 5 nitrogen and oxygen atoms in total. The van der Waals surface area contributed by atoms with Crippen LogP contribution in [-0.4, -0.2) is 18.4 Å². The fourth-order valence-corrected chi connectivity index (χ4v) is 4.35. The molecule has 0 fully saturated rings. The summed E-state index contributed by atoms with van der Waals surface area (Å²) in [6, 6.07) is 10.7. The Kier molecular flexibility index (Phi) is 5.60. The molecule has 1 heterocycles. The fraction of sp³-hybridized carbons (Fsp3) is 0. The van der Waals surface area contributed by atoms with E-state index in [0.29, 0.717) is 21.2 Å². The first-order valence-corrected chi connectivity index (χ1v) is 10.0. The van der Waals surface area contributed by atoms with E-state index >= 15 is 0 Å². The number of sulfonamides is 1. The number of hydrogen-bond donors (Lipinski definition) is 1. The van der Waals surface area contributed by atoms with Crippen LogP contribution in [0.1, 0.15) is 0 Å². The lowest BCUT2D eigenvalue weighted by Crippen LogP contribution is -2.15. The van der Waals surface area contributed by atoms with Gasteiger partial charge in [0, 0.05) is 10.0 Å². The third-order valence-electron chi connectivity index (χ3n) is 3.35. The van der Waals surface area contributed by atoms with Gasteiger partial charge in [-0.1, -0.05) is 58.5 Å². The van der Waals surface area contributed by atoms with Crippen LogP contribution in [0.2, 0.25) is 20.2 Å². The molecule has 1 N–H and O–H groups in total. The molecule has 10 heteroatoms. The Morgan fingerprint density at radius 1 is 0.846 bits per heavy atom. The molecule has 0 spiro atoms. The summed E-state index contributed by atoms with van der Waals surface area (Å²) in [5.74, 6) is 0.0124. The molecular weight excluding hydrogens is 440 g/mol. The van der Waals surface area contributed by atoms with E-state index in [1.807, 2.05) is 0 Å². The first-order chi connectivity index (χ1) is 12.3. The molecule has 0 saturated heterocycles. The van der Waals surface area contributed by atoms with E-state index in [2.05, 4.69) is 14.7 Å². The van der Waals surface area contributed by atoms with Gasteiger partial charge in [-0.3, -0.25) is 4.72 Å². The molecule has 0 bridgehead atoms. The van der Waals surface area contributed by atoms with Crippen molar-refractivity contribution in [1.29, 1.82) is 0 Å². The number of aromatic nitrogens is 2. The van der Waals surface area contributed by atoms with Crippen molar-refractivity contribution in [2.45, 2.75) is 4.90 Å². The van der Waals surface area contributed by atoms with E-state index in [1.165, 1.54) is 18.2 Å². The minimum absolute atomic E-state index is 0.0124. The largest absolute Gasteiger partial charge is 0.264 e. The van der Waals surface area contributed by atoms with Gasteiger partial charge in [0.2, 0.25) is 0 Å². The highest BCUT2D eigenvalue weighted by Gasteiger charge is 2.22. The molecule has 1 aromatic heterocycles. The molecule has 3 aromatic rings. The van der Waals surface area contributed by atoms with E-state index in [-0.39, 0.29) is 20.9 Å². The molecule has 0 aliphatic rings. The first-order valence-electron chi connectivity index (χ1n) is 7.02. The van der Waals surface area contributed by atoms with Crippen molar-refractivity contribution >= 4 is 62.2 Å². The lowest BCUT2D eigenvalue weighted by molar-refractivity contribution is 0.601. The maximum absolute atomic E-state index is 12.7. The Bertz CT molecular complexity index is 1070. The lowest BCUT2D eigenvalue weighted by atomic mass is 10.1. The van der Waals surface area contributed by atoms with Crippen LogP contribution in [0, 0.1) is 0 Å². The number of nitrogens with one attached hydrogen (secondary N) is 1. The Morgan fingerprint density at radius 3 is 2.15 bits per heavy atom. The molecule has 0 unspecified atom stereocenters. The van der Waals surface area contributed by atoms with Crippen LogP contribution in [0.5, 0.6) is 0 Å². The maximum Gasteiger partial charge on any atom is 0.264 e. The molecule has 2 aromatic carbocycles. The molecule has 0 aliphatic heterocycles. The zero-order chi connectivity index (χ0) is 18.9. The van der Waals surface area contributed by atoms with Crippen molar-refractivity contribution in [2.75, 3.05) is 4.72 Å². The van der Waals surface area contributed by atoms with Crippen LogP contribution in [0.4, 0.5) is 5.82 Å². The van der Waals surface area contributed by atoms with E-state index in [4.69, 9.17) is 46.4 Å². The van der Waals surface area contributed by atoms with Gasteiger partial charge in [-0.05, 0) is 35.9 Å². The van der Waals surface area contributed by atoms with Crippen molar-refractivity contribution in [3.8, 4) is 11.1 Å². The van der Waals surface area contributed by atoms with Crippen molar-refractivity contribution in [3.63, 3.8) is 0 Å².